The van der Waals surface area contributed by atoms with Crippen molar-refractivity contribution in [1.29, 1.82) is 0 Å². The van der Waals surface area contributed by atoms with Gasteiger partial charge in [0.2, 0.25) is 0 Å². The zero-order valence-electron chi connectivity index (χ0n) is 11.2. The maximum absolute atomic E-state index is 2.52. The van der Waals surface area contributed by atoms with E-state index in [0.29, 0.717) is 5.92 Å². The highest BCUT2D eigenvalue weighted by atomic mass is 15.2. The molecule has 0 saturated carbocycles. The van der Waals surface area contributed by atoms with Crippen LogP contribution in [0.5, 0.6) is 0 Å². The molecular weight excluding hydrogens is 206 g/mol. The topological polar surface area (TPSA) is 3.24 Å². The highest BCUT2D eigenvalue weighted by molar-refractivity contribution is 5.40. The van der Waals surface area contributed by atoms with E-state index in [-0.39, 0.29) is 0 Å². The first-order valence-corrected chi connectivity index (χ1v) is 6.80. The van der Waals surface area contributed by atoms with Gasteiger partial charge in [-0.15, -0.1) is 0 Å². The summed E-state index contributed by atoms with van der Waals surface area (Å²) in [5, 5.41) is 0. The fourth-order valence-electron chi connectivity index (χ4n) is 3.04. The zero-order valence-corrected chi connectivity index (χ0v) is 11.2. The number of allylic oxidation sites excluding steroid dienone is 7. The first-order chi connectivity index (χ1) is 8.33. The highest BCUT2D eigenvalue weighted by Crippen LogP contribution is 2.43. The Bertz CT molecular complexity index is 396. The lowest BCUT2D eigenvalue weighted by molar-refractivity contribution is 0.430. The molecule has 0 bridgehead atoms. The van der Waals surface area contributed by atoms with E-state index in [1.165, 1.54) is 12.1 Å². The molecule has 0 fully saturated rings. The average molecular weight is 229 g/mol. The summed E-state index contributed by atoms with van der Waals surface area (Å²) >= 11 is 0. The molecule has 1 heterocycles. The standard InChI is InChI=1S/C16H23N/c1-4-7-10-13-14-11-8-9-12-16(14)17(6-3)15(13)5-2/h4,7-9,12,14H,5-6,10-11H2,1-3H3/b7-4-. The molecular formula is C16H23N. The lowest BCUT2D eigenvalue weighted by Crippen LogP contribution is -2.20. The summed E-state index contributed by atoms with van der Waals surface area (Å²) in [4.78, 5) is 2.52. The van der Waals surface area contributed by atoms with Crippen molar-refractivity contribution in [1.82, 2.24) is 4.90 Å². The summed E-state index contributed by atoms with van der Waals surface area (Å²) in [6, 6.07) is 0. The fourth-order valence-corrected chi connectivity index (χ4v) is 3.04. The largest absolute Gasteiger partial charge is 0.348 e. The zero-order chi connectivity index (χ0) is 12.3. The van der Waals surface area contributed by atoms with Gasteiger partial charge in [0, 0.05) is 23.9 Å². The summed E-state index contributed by atoms with van der Waals surface area (Å²) < 4.78 is 0. The van der Waals surface area contributed by atoms with Crippen LogP contribution in [0.4, 0.5) is 0 Å². The van der Waals surface area contributed by atoms with E-state index in [9.17, 15) is 0 Å². The first kappa shape index (κ1) is 12.2. The van der Waals surface area contributed by atoms with Gasteiger partial charge < -0.3 is 4.90 Å². The van der Waals surface area contributed by atoms with Crippen LogP contribution in [0.2, 0.25) is 0 Å². The lowest BCUT2D eigenvalue weighted by Gasteiger charge is -2.25. The quantitative estimate of drug-likeness (QED) is 0.645. The van der Waals surface area contributed by atoms with Gasteiger partial charge in [-0.25, -0.2) is 0 Å². The second-order valence-electron chi connectivity index (χ2n) is 4.65. The molecule has 2 rings (SSSR count). The van der Waals surface area contributed by atoms with Crippen molar-refractivity contribution in [2.24, 2.45) is 5.92 Å². The summed E-state index contributed by atoms with van der Waals surface area (Å²) in [5.74, 6) is 0.645. The van der Waals surface area contributed by atoms with Gasteiger partial charge >= 0.3 is 0 Å². The van der Waals surface area contributed by atoms with Gasteiger partial charge in [0.1, 0.15) is 0 Å². The Kier molecular flexibility index (Phi) is 3.88. The molecule has 17 heavy (non-hydrogen) atoms. The molecule has 0 aromatic heterocycles. The second kappa shape index (κ2) is 5.39. The van der Waals surface area contributed by atoms with Crippen molar-refractivity contribution < 1.29 is 0 Å². The van der Waals surface area contributed by atoms with Gasteiger partial charge in [-0.3, -0.25) is 0 Å². The Hall–Kier alpha value is -1.24. The van der Waals surface area contributed by atoms with Crippen LogP contribution in [0.25, 0.3) is 0 Å². The third-order valence-electron chi connectivity index (χ3n) is 3.79. The molecule has 1 heteroatoms. The first-order valence-electron chi connectivity index (χ1n) is 6.80. The van der Waals surface area contributed by atoms with Crippen LogP contribution < -0.4 is 0 Å². The van der Waals surface area contributed by atoms with Crippen LogP contribution in [-0.2, 0) is 0 Å². The van der Waals surface area contributed by atoms with Gasteiger partial charge in [0.15, 0.2) is 0 Å². The van der Waals surface area contributed by atoms with E-state index >= 15 is 0 Å². The number of hydrogen-bond donors (Lipinski definition) is 0. The Labute approximate surface area is 105 Å². The Morgan fingerprint density at radius 1 is 1.41 bits per heavy atom. The van der Waals surface area contributed by atoms with Crippen molar-refractivity contribution in [2.75, 3.05) is 6.54 Å². The summed E-state index contributed by atoms with van der Waals surface area (Å²) in [5.41, 5.74) is 4.72. The summed E-state index contributed by atoms with van der Waals surface area (Å²) in [6.45, 7) is 7.73. The minimum Gasteiger partial charge on any atom is -0.348 e. The van der Waals surface area contributed by atoms with Gasteiger partial charge in [0.05, 0.1) is 0 Å². The van der Waals surface area contributed by atoms with E-state index in [1.54, 1.807) is 11.3 Å². The molecule has 0 aromatic carbocycles. The van der Waals surface area contributed by atoms with E-state index in [4.69, 9.17) is 0 Å². The van der Waals surface area contributed by atoms with Crippen LogP contribution >= 0.6 is 0 Å². The molecule has 92 valence electrons. The minimum absolute atomic E-state index is 0.645. The van der Waals surface area contributed by atoms with Crippen LogP contribution in [-0.4, -0.2) is 11.4 Å². The molecule has 0 aromatic rings. The van der Waals surface area contributed by atoms with Crippen molar-refractivity contribution >= 4 is 0 Å². The van der Waals surface area contributed by atoms with E-state index in [1.807, 2.05) is 0 Å². The Balaban J connectivity index is 2.36. The van der Waals surface area contributed by atoms with Gasteiger partial charge in [-0.05, 0) is 44.8 Å². The molecule has 2 aliphatic rings. The van der Waals surface area contributed by atoms with Crippen LogP contribution in [0.1, 0.15) is 40.0 Å². The maximum atomic E-state index is 2.52. The summed E-state index contributed by atoms with van der Waals surface area (Å²) in [6.07, 6.45) is 14.7. The molecule has 1 aliphatic carbocycles. The van der Waals surface area contributed by atoms with Gasteiger partial charge in [-0.2, -0.15) is 0 Å². The normalized spacial score (nSPS) is 23.6. The molecule has 1 nitrogen and oxygen atoms in total. The molecule has 0 saturated heterocycles. The number of hydrogen-bond acceptors (Lipinski definition) is 1. The second-order valence-corrected chi connectivity index (χ2v) is 4.65. The molecule has 0 amide bonds. The summed E-state index contributed by atoms with van der Waals surface area (Å²) in [7, 11) is 0. The van der Waals surface area contributed by atoms with Gasteiger partial charge in [0.25, 0.3) is 0 Å². The van der Waals surface area contributed by atoms with Crippen molar-refractivity contribution in [3.05, 3.63) is 47.3 Å². The van der Waals surface area contributed by atoms with E-state index in [0.717, 1.165) is 19.4 Å². The van der Waals surface area contributed by atoms with E-state index in [2.05, 4.69) is 56.1 Å². The lowest BCUT2D eigenvalue weighted by atomic mass is 9.89. The maximum Gasteiger partial charge on any atom is 0.0259 e. The van der Waals surface area contributed by atoms with E-state index < -0.39 is 0 Å². The third kappa shape index (κ3) is 2.11. The van der Waals surface area contributed by atoms with Crippen LogP contribution in [0.15, 0.2) is 47.3 Å². The molecule has 1 atom stereocenters. The minimum atomic E-state index is 0.645. The third-order valence-corrected chi connectivity index (χ3v) is 3.79. The molecule has 1 unspecified atom stereocenters. The smallest absolute Gasteiger partial charge is 0.0259 e. The monoisotopic (exact) mass is 229 g/mol. The fraction of sp³-hybridized carbons (Fsp3) is 0.500. The average Bonchev–Trinajstić information content (AvgIpc) is 2.69. The van der Waals surface area contributed by atoms with Crippen molar-refractivity contribution in [3.8, 4) is 0 Å². The Morgan fingerprint density at radius 3 is 2.88 bits per heavy atom. The van der Waals surface area contributed by atoms with Crippen molar-refractivity contribution in [2.45, 2.75) is 40.0 Å². The SMILES string of the molecule is C/C=C\CC1=C(CC)N(CC)C2=CC=CCC21. The Morgan fingerprint density at radius 2 is 2.24 bits per heavy atom. The van der Waals surface area contributed by atoms with Crippen molar-refractivity contribution in [3.63, 3.8) is 0 Å². The highest BCUT2D eigenvalue weighted by Gasteiger charge is 2.33. The molecule has 0 radical (unpaired) electrons. The number of nitrogens with zero attached hydrogens (tertiary/aromatic N) is 1. The van der Waals surface area contributed by atoms with Crippen LogP contribution in [0.3, 0.4) is 0 Å². The number of fused-ring (bicyclic) bond motifs is 1. The van der Waals surface area contributed by atoms with Crippen LogP contribution in [0, 0.1) is 5.92 Å². The number of rotatable bonds is 4. The predicted octanol–water partition coefficient (Wildman–Crippen LogP) is 4.41. The van der Waals surface area contributed by atoms with Gasteiger partial charge in [-0.1, -0.05) is 31.2 Å². The predicted molar refractivity (Wildman–Crippen MR) is 74.5 cm³/mol. The molecule has 0 N–H and O–H groups in total. The molecule has 1 aliphatic heterocycles. The molecule has 0 spiro atoms.